The number of benzene rings is 2. The lowest BCUT2D eigenvalue weighted by atomic mass is 10.2. The molecule has 0 radical (unpaired) electrons. The van der Waals surface area contributed by atoms with Crippen LogP contribution in [-0.2, 0) is 10.0 Å². The highest BCUT2D eigenvalue weighted by Crippen LogP contribution is 2.26. The minimum absolute atomic E-state index is 0.0311. The molecule has 8 nitrogen and oxygen atoms in total. The molecule has 0 saturated carbocycles. The lowest BCUT2D eigenvalue weighted by Gasteiger charge is -2.10. The van der Waals surface area contributed by atoms with Gasteiger partial charge >= 0.3 is 0 Å². The highest BCUT2D eigenvalue weighted by Gasteiger charge is 2.20. The zero-order valence-corrected chi connectivity index (χ0v) is 17.4. The Balaban J connectivity index is 1.70. The summed E-state index contributed by atoms with van der Waals surface area (Å²) in [6.45, 7) is 0. The zero-order valence-electron chi connectivity index (χ0n) is 15.8. The molecule has 0 aliphatic heterocycles. The van der Waals surface area contributed by atoms with Crippen LogP contribution in [0.4, 0.5) is 11.4 Å². The van der Waals surface area contributed by atoms with Crippen LogP contribution in [0.5, 0.6) is 0 Å². The summed E-state index contributed by atoms with van der Waals surface area (Å²) >= 11 is 1.49. The Labute approximate surface area is 177 Å². The number of carbonyl (C=O) groups is 1. The van der Waals surface area contributed by atoms with Gasteiger partial charge in [-0.2, -0.15) is 0 Å². The summed E-state index contributed by atoms with van der Waals surface area (Å²) in [5.74, 6) is -0.0365. The summed E-state index contributed by atoms with van der Waals surface area (Å²) in [7, 11) is -3.50. The minimum Gasteiger partial charge on any atom is -0.317 e. The number of para-hydroxylation sites is 3. The molecule has 2 N–H and O–H groups in total. The van der Waals surface area contributed by atoms with E-state index in [1.807, 2.05) is 47.8 Å². The van der Waals surface area contributed by atoms with Crippen molar-refractivity contribution in [2.75, 3.05) is 16.3 Å². The summed E-state index contributed by atoms with van der Waals surface area (Å²) in [6.07, 6.45) is 1.04. The Morgan fingerprint density at radius 3 is 2.33 bits per heavy atom. The molecule has 10 heteroatoms. The molecule has 2 aromatic carbocycles. The van der Waals surface area contributed by atoms with Crippen molar-refractivity contribution >= 4 is 38.6 Å². The molecular formula is C20H17N5O3S2. The van der Waals surface area contributed by atoms with E-state index in [4.69, 9.17) is 0 Å². The molecular weight excluding hydrogens is 422 g/mol. The maximum atomic E-state index is 12.9. The quantitative estimate of drug-likeness (QED) is 0.477. The summed E-state index contributed by atoms with van der Waals surface area (Å²) in [5, 5.41) is 9.01. The maximum Gasteiger partial charge on any atom is 0.295 e. The predicted octanol–water partition coefficient (Wildman–Crippen LogP) is 3.62. The van der Waals surface area contributed by atoms with Crippen molar-refractivity contribution in [2.24, 2.45) is 0 Å². The first kappa shape index (κ1) is 19.8. The van der Waals surface area contributed by atoms with Crippen LogP contribution < -0.4 is 10.0 Å². The number of rotatable bonds is 6. The van der Waals surface area contributed by atoms with E-state index in [1.54, 1.807) is 28.9 Å². The molecule has 0 bridgehead atoms. The van der Waals surface area contributed by atoms with E-state index in [0.29, 0.717) is 11.5 Å². The third-order valence-corrected chi connectivity index (χ3v) is 5.48. The van der Waals surface area contributed by atoms with Gasteiger partial charge in [0.15, 0.2) is 5.82 Å². The van der Waals surface area contributed by atoms with Gasteiger partial charge in [-0.15, -0.1) is 16.4 Å². The number of anilines is 2. The van der Waals surface area contributed by atoms with Gasteiger partial charge in [0.1, 0.15) is 0 Å². The van der Waals surface area contributed by atoms with Crippen molar-refractivity contribution < 1.29 is 13.2 Å². The van der Waals surface area contributed by atoms with E-state index in [2.05, 4.69) is 20.1 Å². The number of sulfonamides is 1. The van der Waals surface area contributed by atoms with E-state index in [1.165, 1.54) is 11.3 Å². The van der Waals surface area contributed by atoms with Gasteiger partial charge in [0.2, 0.25) is 15.8 Å². The van der Waals surface area contributed by atoms with Crippen LogP contribution in [0.15, 0.2) is 72.1 Å². The van der Waals surface area contributed by atoms with Crippen molar-refractivity contribution in [3.8, 4) is 16.4 Å². The maximum absolute atomic E-state index is 12.9. The summed E-state index contributed by atoms with van der Waals surface area (Å²) in [5.41, 5.74) is 1.34. The van der Waals surface area contributed by atoms with E-state index in [9.17, 15) is 13.2 Å². The fourth-order valence-electron chi connectivity index (χ4n) is 2.78. The first-order valence-corrected chi connectivity index (χ1v) is 11.6. The number of nitrogens with one attached hydrogen (secondary N) is 2. The van der Waals surface area contributed by atoms with E-state index >= 15 is 0 Å². The molecule has 2 heterocycles. The van der Waals surface area contributed by atoms with Crippen LogP contribution in [0.3, 0.4) is 0 Å². The second kappa shape index (κ2) is 8.09. The number of hydrogen-bond donors (Lipinski definition) is 2. The van der Waals surface area contributed by atoms with Gasteiger partial charge in [-0.3, -0.25) is 9.52 Å². The van der Waals surface area contributed by atoms with Gasteiger partial charge in [0, 0.05) is 0 Å². The predicted molar refractivity (Wildman–Crippen MR) is 118 cm³/mol. The molecule has 0 fully saturated rings. The topological polar surface area (TPSA) is 106 Å². The zero-order chi connectivity index (χ0) is 21.1. The number of hydrogen-bond acceptors (Lipinski definition) is 6. The fraction of sp³-hybridized carbons (Fsp3) is 0.0500. The second-order valence-electron chi connectivity index (χ2n) is 6.36. The van der Waals surface area contributed by atoms with Gasteiger partial charge < -0.3 is 5.32 Å². The van der Waals surface area contributed by atoms with Crippen LogP contribution in [0.2, 0.25) is 0 Å². The fourth-order valence-corrected chi connectivity index (χ4v) is 4.06. The van der Waals surface area contributed by atoms with Crippen LogP contribution >= 0.6 is 11.3 Å². The monoisotopic (exact) mass is 439 g/mol. The third-order valence-electron chi connectivity index (χ3n) is 4.02. The van der Waals surface area contributed by atoms with Crippen molar-refractivity contribution in [1.29, 1.82) is 0 Å². The molecule has 0 saturated heterocycles. The van der Waals surface area contributed by atoms with E-state index in [-0.39, 0.29) is 11.5 Å². The Bertz CT molecular complexity index is 1280. The lowest BCUT2D eigenvalue weighted by Crippen LogP contribution is -2.17. The number of aromatic nitrogens is 3. The largest absolute Gasteiger partial charge is 0.317 e. The van der Waals surface area contributed by atoms with Gasteiger partial charge in [-0.25, -0.2) is 18.1 Å². The van der Waals surface area contributed by atoms with Gasteiger partial charge in [0.05, 0.1) is 28.2 Å². The van der Waals surface area contributed by atoms with Gasteiger partial charge in [-0.05, 0) is 35.7 Å². The Morgan fingerprint density at radius 2 is 1.67 bits per heavy atom. The van der Waals surface area contributed by atoms with Crippen LogP contribution in [0, 0.1) is 0 Å². The van der Waals surface area contributed by atoms with Crippen molar-refractivity contribution in [1.82, 2.24) is 14.8 Å². The molecule has 30 heavy (non-hydrogen) atoms. The molecule has 0 aliphatic carbocycles. The van der Waals surface area contributed by atoms with Crippen molar-refractivity contribution in [3.63, 3.8) is 0 Å². The molecule has 152 valence electrons. The number of amides is 1. The average Bonchev–Trinajstić information content (AvgIpc) is 3.39. The summed E-state index contributed by atoms with van der Waals surface area (Å²) in [6, 6.07) is 19.7. The SMILES string of the molecule is CS(=O)(=O)Nc1ccccc1NC(=O)c1nc(-c2cccs2)n(-c2ccccc2)n1. The highest BCUT2D eigenvalue weighted by molar-refractivity contribution is 7.92. The second-order valence-corrected chi connectivity index (χ2v) is 9.05. The van der Waals surface area contributed by atoms with Crippen molar-refractivity contribution in [2.45, 2.75) is 0 Å². The Morgan fingerprint density at radius 1 is 0.967 bits per heavy atom. The molecule has 1 amide bonds. The molecule has 0 atom stereocenters. The smallest absolute Gasteiger partial charge is 0.295 e. The molecule has 4 rings (SSSR count). The minimum atomic E-state index is -3.50. The summed E-state index contributed by atoms with van der Waals surface area (Å²) < 4.78 is 27.2. The molecule has 2 aromatic heterocycles. The van der Waals surface area contributed by atoms with Gasteiger partial charge in [-0.1, -0.05) is 36.4 Å². The third kappa shape index (κ3) is 4.39. The highest BCUT2D eigenvalue weighted by atomic mass is 32.2. The van der Waals surface area contributed by atoms with Crippen LogP contribution in [0.1, 0.15) is 10.6 Å². The first-order chi connectivity index (χ1) is 14.4. The molecule has 0 unspecified atom stereocenters. The average molecular weight is 440 g/mol. The standard InChI is InChI=1S/C20H17N5O3S2/c1-30(27,28)24-16-11-6-5-10-15(16)21-20(26)18-22-19(17-12-7-13-29-17)25(23-18)14-8-3-2-4-9-14/h2-13,24H,1H3,(H,21,26). The van der Waals surface area contributed by atoms with Crippen LogP contribution in [-0.4, -0.2) is 35.3 Å². The van der Waals surface area contributed by atoms with E-state index < -0.39 is 15.9 Å². The number of thiophene rings is 1. The lowest BCUT2D eigenvalue weighted by molar-refractivity contribution is 0.101. The number of carbonyl (C=O) groups excluding carboxylic acids is 1. The summed E-state index contributed by atoms with van der Waals surface area (Å²) in [4.78, 5) is 18.2. The molecule has 0 aliphatic rings. The Kier molecular flexibility index (Phi) is 5.34. The normalized spacial score (nSPS) is 11.2. The first-order valence-electron chi connectivity index (χ1n) is 8.85. The molecule has 4 aromatic rings. The molecule has 0 spiro atoms. The Hall–Kier alpha value is -3.50. The van der Waals surface area contributed by atoms with E-state index in [0.717, 1.165) is 16.8 Å². The van der Waals surface area contributed by atoms with Crippen LogP contribution in [0.25, 0.3) is 16.4 Å². The number of nitrogens with zero attached hydrogens (tertiary/aromatic N) is 3. The van der Waals surface area contributed by atoms with Crippen molar-refractivity contribution in [3.05, 3.63) is 77.9 Å². The van der Waals surface area contributed by atoms with Gasteiger partial charge in [0.25, 0.3) is 5.91 Å².